The van der Waals surface area contributed by atoms with E-state index in [4.69, 9.17) is 10.5 Å². The first-order valence-electron chi connectivity index (χ1n) is 5.95. The summed E-state index contributed by atoms with van der Waals surface area (Å²) in [5, 5.41) is 0. The Hall–Kier alpha value is -1.09. The van der Waals surface area contributed by atoms with Crippen molar-refractivity contribution in [1.82, 2.24) is 0 Å². The third-order valence-electron chi connectivity index (χ3n) is 3.03. The van der Waals surface area contributed by atoms with Gasteiger partial charge < -0.3 is 10.5 Å². The van der Waals surface area contributed by atoms with E-state index in [0.717, 1.165) is 24.2 Å². The highest BCUT2D eigenvalue weighted by molar-refractivity contribution is 5.34. The smallest absolute Gasteiger partial charge is 0.123 e. The highest BCUT2D eigenvalue weighted by Crippen LogP contribution is 2.27. The van der Waals surface area contributed by atoms with Gasteiger partial charge in [-0.1, -0.05) is 0 Å². The van der Waals surface area contributed by atoms with E-state index in [0.29, 0.717) is 19.1 Å². The summed E-state index contributed by atoms with van der Waals surface area (Å²) in [5.74, 6) is 0.584. The highest BCUT2D eigenvalue weighted by Gasteiger charge is 2.17. The summed E-state index contributed by atoms with van der Waals surface area (Å²) in [6, 6.07) is 4.69. The van der Waals surface area contributed by atoms with Gasteiger partial charge in [-0.2, -0.15) is 0 Å². The maximum absolute atomic E-state index is 13.1. The van der Waals surface area contributed by atoms with Crippen LogP contribution in [0.25, 0.3) is 0 Å². The predicted octanol–water partition coefficient (Wildman–Crippen LogP) is 2.65. The Kier molecular flexibility index (Phi) is 3.78. The maximum Gasteiger partial charge on any atom is 0.123 e. The molecule has 1 fully saturated rings. The molecule has 0 heterocycles. The lowest BCUT2D eigenvalue weighted by molar-refractivity contribution is 0.207. The molecule has 0 radical (unpaired) electrons. The van der Waals surface area contributed by atoms with Gasteiger partial charge in [-0.15, -0.1) is 0 Å². The minimum Gasteiger partial charge on any atom is -0.490 e. The van der Waals surface area contributed by atoms with Gasteiger partial charge in [-0.05, 0) is 62.4 Å². The van der Waals surface area contributed by atoms with E-state index >= 15 is 0 Å². The fraction of sp³-hybridized carbons (Fsp3) is 0.538. The molecule has 0 spiro atoms. The molecule has 0 aliphatic heterocycles. The van der Waals surface area contributed by atoms with Crippen LogP contribution in [-0.4, -0.2) is 12.6 Å². The van der Waals surface area contributed by atoms with Crippen LogP contribution < -0.4 is 10.5 Å². The van der Waals surface area contributed by atoms with Gasteiger partial charge in [0, 0.05) is 0 Å². The second kappa shape index (κ2) is 5.30. The molecule has 1 aromatic carbocycles. The van der Waals surface area contributed by atoms with Crippen LogP contribution >= 0.6 is 0 Å². The van der Waals surface area contributed by atoms with Crippen LogP contribution in [0.4, 0.5) is 4.39 Å². The van der Waals surface area contributed by atoms with E-state index in [1.165, 1.54) is 25.0 Å². The largest absolute Gasteiger partial charge is 0.490 e. The van der Waals surface area contributed by atoms with E-state index < -0.39 is 0 Å². The lowest BCUT2D eigenvalue weighted by Crippen LogP contribution is -2.13. The van der Waals surface area contributed by atoms with Crippen LogP contribution in [0, 0.1) is 5.82 Å². The molecule has 2 N–H and O–H groups in total. The minimum atomic E-state index is -0.220. The molecular weight excluding hydrogens is 205 g/mol. The summed E-state index contributed by atoms with van der Waals surface area (Å²) in [6.07, 6.45) is 5.66. The van der Waals surface area contributed by atoms with Gasteiger partial charge in [0.25, 0.3) is 0 Å². The van der Waals surface area contributed by atoms with Crippen molar-refractivity contribution in [2.24, 2.45) is 5.73 Å². The molecule has 0 aromatic heterocycles. The van der Waals surface area contributed by atoms with Crippen LogP contribution in [0.3, 0.4) is 0 Å². The Morgan fingerprint density at radius 1 is 1.31 bits per heavy atom. The van der Waals surface area contributed by atoms with Crippen molar-refractivity contribution in [3.63, 3.8) is 0 Å². The Bertz CT molecular complexity index is 348. The van der Waals surface area contributed by atoms with E-state index in [2.05, 4.69) is 0 Å². The molecule has 3 heteroatoms. The molecule has 0 atom stereocenters. The lowest BCUT2D eigenvalue weighted by Gasteiger charge is -2.16. The van der Waals surface area contributed by atoms with Gasteiger partial charge in [0.05, 0.1) is 6.10 Å². The van der Waals surface area contributed by atoms with Crippen molar-refractivity contribution < 1.29 is 9.13 Å². The number of rotatable bonds is 4. The fourth-order valence-corrected chi connectivity index (χ4v) is 2.20. The summed E-state index contributed by atoms with van der Waals surface area (Å²) < 4.78 is 19.0. The molecule has 1 aliphatic carbocycles. The van der Waals surface area contributed by atoms with Gasteiger partial charge in [0.2, 0.25) is 0 Å². The summed E-state index contributed by atoms with van der Waals surface area (Å²) in [4.78, 5) is 0. The number of benzene rings is 1. The molecule has 2 rings (SSSR count). The lowest BCUT2D eigenvalue weighted by atomic mass is 10.1. The van der Waals surface area contributed by atoms with Gasteiger partial charge in [0.15, 0.2) is 0 Å². The Balaban J connectivity index is 2.11. The third-order valence-corrected chi connectivity index (χ3v) is 3.03. The van der Waals surface area contributed by atoms with E-state index in [9.17, 15) is 4.39 Å². The topological polar surface area (TPSA) is 35.2 Å². The SMILES string of the molecule is NCCc1cc(F)ccc1OC1CCCC1. The minimum absolute atomic E-state index is 0.220. The molecular formula is C13H18FNO. The van der Waals surface area contributed by atoms with Gasteiger partial charge in [-0.3, -0.25) is 0 Å². The highest BCUT2D eigenvalue weighted by atomic mass is 19.1. The summed E-state index contributed by atoms with van der Waals surface area (Å²) in [5.41, 5.74) is 6.39. The summed E-state index contributed by atoms with van der Waals surface area (Å²) >= 11 is 0. The number of hydrogen-bond donors (Lipinski definition) is 1. The molecule has 2 nitrogen and oxygen atoms in total. The number of nitrogens with two attached hydrogens (primary N) is 1. The van der Waals surface area contributed by atoms with Crippen LogP contribution in [0.1, 0.15) is 31.2 Å². The first-order valence-corrected chi connectivity index (χ1v) is 5.95. The zero-order valence-electron chi connectivity index (χ0n) is 9.42. The Morgan fingerprint density at radius 3 is 2.75 bits per heavy atom. The average molecular weight is 223 g/mol. The van der Waals surface area contributed by atoms with Gasteiger partial charge >= 0.3 is 0 Å². The van der Waals surface area contributed by atoms with Crippen molar-refractivity contribution >= 4 is 0 Å². The summed E-state index contributed by atoms with van der Waals surface area (Å²) in [6.45, 7) is 0.518. The van der Waals surface area contributed by atoms with Crippen LogP contribution in [-0.2, 0) is 6.42 Å². The van der Waals surface area contributed by atoms with Crippen LogP contribution in [0.2, 0.25) is 0 Å². The monoisotopic (exact) mass is 223 g/mol. The van der Waals surface area contributed by atoms with E-state index in [1.807, 2.05) is 0 Å². The Labute approximate surface area is 95.6 Å². The average Bonchev–Trinajstić information content (AvgIpc) is 2.75. The molecule has 1 aliphatic rings. The molecule has 0 saturated heterocycles. The molecule has 16 heavy (non-hydrogen) atoms. The van der Waals surface area contributed by atoms with Gasteiger partial charge in [0.1, 0.15) is 11.6 Å². The zero-order valence-corrected chi connectivity index (χ0v) is 9.42. The molecule has 88 valence electrons. The van der Waals surface area contributed by atoms with Crippen molar-refractivity contribution in [3.05, 3.63) is 29.6 Å². The third kappa shape index (κ3) is 2.73. The number of ether oxygens (including phenoxy) is 1. The molecule has 0 bridgehead atoms. The second-order valence-electron chi connectivity index (χ2n) is 4.32. The van der Waals surface area contributed by atoms with Crippen molar-refractivity contribution in [1.29, 1.82) is 0 Å². The van der Waals surface area contributed by atoms with E-state index in [1.54, 1.807) is 6.07 Å². The quantitative estimate of drug-likeness (QED) is 0.851. The van der Waals surface area contributed by atoms with E-state index in [-0.39, 0.29) is 5.82 Å². The summed E-state index contributed by atoms with van der Waals surface area (Å²) in [7, 11) is 0. The standard InChI is InChI=1S/C13H18FNO/c14-11-5-6-13(10(9-11)7-8-15)16-12-3-1-2-4-12/h5-6,9,12H,1-4,7-8,15H2. The molecule has 1 saturated carbocycles. The number of halogens is 1. The molecule has 1 aromatic rings. The second-order valence-corrected chi connectivity index (χ2v) is 4.32. The van der Waals surface area contributed by atoms with Crippen LogP contribution in [0.5, 0.6) is 5.75 Å². The fourth-order valence-electron chi connectivity index (χ4n) is 2.20. The van der Waals surface area contributed by atoms with Crippen LogP contribution in [0.15, 0.2) is 18.2 Å². The predicted molar refractivity (Wildman–Crippen MR) is 62.0 cm³/mol. The van der Waals surface area contributed by atoms with Gasteiger partial charge in [-0.25, -0.2) is 4.39 Å². The molecule has 0 unspecified atom stereocenters. The number of hydrogen-bond acceptors (Lipinski definition) is 2. The first kappa shape index (κ1) is 11.4. The normalized spacial score (nSPS) is 16.6. The maximum atomic E-state index is 13.1. The van der Waals surface area contributed by atoms with Crippen molar-refractivity contribution in [2.45, 2.75) is 38.2 Å². The first-order chi connectivity index (χ1) is 7.79. The Morgan fingerprint density at radius 2 is 2.06 bits per heavy atom. The zero-order chi connectivity index (χ0) is 11.4. The van der Waals surface area contributed by atoms with Crippen molar-refractivity contribution in [2.75, 3.05) is 6.54 Å². The molecule has 0 amide bonds. The van der Waals surface area contributed by atoms with Crippen molar-refractivity contribution in [3.8, 4) is 5.75 Å².